The van der Waals surface area contributed by atoms with Crippen LogP contribution in [-0.4, -0.2) is 31.6 Å². The zero-order chi connectivity index (χ0) is 18.7. The number of nitrogens with two attached hydrogens (primary N) is 1. The first kappa shape index (κ1) is 21.6. The molecular weight excluding hydrogens is 340 g/mol. The van der Waals surface area contributed by atoms with E-state index in [1.807, 2.05) is 31.2 Å². The Labute approximate surface area is 151 Å². The Morgan fingerprint density at radius 3 is 2.28 bits per heavy atom. The fourth-order valence-electron chi connectivity index (χ4n) is 2.89. The van der Waals surface area contributed by atoms with Gasteiger partial charge < -0.3 is 10.8 Å². The number of aryl methyl sites for hydroxylation is 1. The van der Waals surface area contributed by atoms with Crippen molar-refractivity contribution < 1.29 is 18.3 Å². The third-order valence-electron chi connectivity index (χ3n) is 4.37. The van der Waals surface area contributed by atoms with E-state index < -0.39 is 22.4 Å². The summed E-state index contributed by atoms with van der Waals surface area (Å²) in [6.07, 6.45) is 6.00. The molecule has 0 fully saturated rings. The maximum absolute atomic E-state index is 11.8. The summed E-state index contributed by atoms with van der Waals surface area (Å²) >= 11 is 0. The third-order valence-corrected chi connectivity index (χ3v) is 4.98. The minimum Gasteiger partial charge on any atom is -0.480 e. The molecule has 25 heavy (non-hydrogen) atoms. The molecule has 1 aromatic carbocycles. The van der Waals surface area contributed by atoms with Crippen molar-refractivity contribution in [2.45, 2.75) is 63.8 Å². The van der Waals surface area contributed by atoms with E-state index >= 15 is 0 Å². The summed E-state index contributed by atoms with van der Waals surface area (Å²) in [5.74, 6) is -1.13. The first-order valence-electron chi connectivity index (χ1n) is 8.87. The van der Waals surface area contributed by atoms with Crippen molar-refractivity contribution >= 4 is 16.9 Å². The molecule has 0 spiro atoms. The van der Waals surface area contributed by atoms with Crippen LogP contribution in [0.5, 0.6) is 0 Å². The lowest BCUT2D eigenvalue weighted by molar-refractivity contribution is -0.144. The van der Waals surface area contributed by atoms with Crippen LogP contribution in [0.1, 0.15) is 56.6 Å². The van der Waals surface area contributed by atoms with Crippen molar-refractivity contribution in [1.82, 2.24) is 4.72 Å². The van der Waals surface area contributed by atoms with Gasteiger partial charge in [-0.25, -0.2) is 8.42 Å². The summed E-state index contributed by atoms with van der Waals surface area (Å²) < 4.78 is 24.6. The average Bonchev–Trinajstić information content (AvgIpc) is 2.57. The van der Waals surface area contributed by atoms with E-state index in [9.17, 15) is 18.3 Å². The number of thiol groups is 1. The number of nitrogens with one attached hydrogen (secondary N) is 1. The zero-order valence-corrected chi connectivity index (χ0v) is 15.8. The van der Waals surface area contributed by atoms with E-state index in [-0.39, 0.29) is 12.8 Å². The molecule has 142 valence electrons. The summed E-state index contributed by atoms with van der Waals surface area (Å²) in [5.41, 5.74) is 6.01. The molecule has 0 aliphatic rings. The van der Waals surface area contributed by atoms with E-state index in [1.54, 1.807) is 0 Å². The van der Waals surface area contributed by atoms with Gasteiger partial charge in [-0.15, -0.1) is 0 Å². The van der Waals surface area contributed by atoms with E-state index in [2.05, 4.69) is 4.72 Å². The first-order chi connectivity index (χ1) is 11.9. The zero-order valence-electron chi connectivity index (χ0n) is 14.9. The number of hydrogen-bond acceptors (Lipinski definition) is 4. The Balaban J connectivity index is 2.83. The number of carboxylic acid groups (broad SMARTS) is 1. The number of rotatable bonds is 13. The third kappa shape index (κ3) is 7.54. The molecule has 1 aromatic rings. The summed E-state index contributed by atoms with van der Waals surface area (Å²) in [6, 6.07) is 7.76. The van der Waals surface area contributed by atoms with Gasteiger partial charge in [0, 0.05) is 6.42 Å². The quantitative estimate of drug-likeness (QED) is 0.314. The number of hydrogen-bond donors (Lipinski definition) is 4. The van der Waals surface area contributed by atoms with Gasteiger partial charge >= 0.3 is 5.97 Å². The second kappa shape index (κ2) is 11.2. The predicted molar refractivity (Wildman–Crippen MR) is 100 cm³/mol. The van der Waals surface area contributed by atoms with Crippen LogP contribution in [0.15, 0.2) is 24.3 Å². The normalized spacial score (nSPS) is 13.7. The highest BCUT2D eigenvalue weighted by Crippen LogP contribution is 2.22. The number of unbranched alkanes of at least 4 members (excludes halogenated alkanes) is 3. The standard InChI is InChI=1S/C18H30N2O4S/c1-2-3-12-18(17(21)22,20-25(23)24)14-16-10-8-15(9-11-16)7-5-4-6-13-19/h8-11,25H,2-7,12-14,19H2,1H3,(H,21,22)(H,20,23,24). The van der Waals surface area contributed by atoms with Gasteiger partial charge in [0.25, 0.3) is 0 Å². The highest BCUT2D eigenvalue weighted by atomic mass is 32.2. The van der Waals surface area contributed by atoms with Gasteiger partial charge in [-0.3, -0.25) is 4.79 Å². The molecule has 0 aromatic heterocycles. The van der Waals surface area contributed by atoms with Crippen molar-refractivity contribution in [2.75, 3.05) is 6.54 Å². The molecule has 0 aliphatic heterocycles. The maximum atomic E-state index is 11.8. The topological polar surface area (TPSA) is 109 Å². The predicted octanol–water partition coefficient (Wildman–Crippen LogP) is 2.03. The minimum absolute atomic E-state index is 0.138. The second-order valence-corrected chi connectivity index (χ2v) is 7.19. The van der Waals surface area contributed by atoms with Gasteiger partial charge in [-0.1, -0.05) is 50.5 Å². The molecule has 4 N–H and O–H groups in total. The van der Waals surface area contributed by atoms with Crippen LogP contribution in [0.25, 0.3) is 0 Å². The highest BCUT2D eigenvalue weighted by Gasteiger charge is 2.38. The van der Waals surface area contributed by atoms with Crippen LogP contribution in [0.2, 0.25) is 0 Å². The van der Waals surface area contributed by atoms with Crippen LogP contribution in [0.4, 0.5) is 0 Å². The molecule has 0 aliphatic carbocycles. The van der Waals surface area contributed by atoms with Gasteiger partial charge in [0.1, 0.15) is 5.54 Å². The molecule has 1 rings (SSSR count). The van der Waals surface area contributed by atoms with Crippen molar-refractivity contribution in [3.05, 3.63) is 35.4 Å². The van der Waals surface area contributed by atoms with Gasteiger partial charge in [0.2, 0.25) is 10.9 Å². The first-order valence-corrected chi connectivity index (χ1v) is 10.0. The summed E-state index contributed by atoms with van der Waals surface area (Å²) in [4.78, 5) is 11.8. The van der Waals surface area contributed by atoms with Crippen molar-refractivity contribution in [1.29, 1.82) is 0 Å². The Morgan fingerprint density at radius 1 is 1.12 bits per heavy atom. The van der Waals surface area contributed by atoms with E-state index in [0.717, 1.165) is 37.7 Å². The number of carboxylic acids is 1. The summed E-state index contributed by atoms with van der Waals surface area (Å²) in [6.45, 7) is 2.66. The van der Waals surface area contributed by atoms with Crippen LogP contribution >= 0.6 is 0 Å². The van der Waals surface area contributed by atoms with E-state index in [0.29, 0.717) is 13.0 Å². The molecule has 1 atom stereocenters. The van der Waals surface area contributed by atoms with Crippen molar-refractivity contribution in [3.63, 3.8) is 0 Å². The SMILES string of the molecule is CCCCC(Cc1ccc(CCCCCN)cc1)(N[SH](=O)=O)C(=O)O. The van der Waals surface area contributed by atoms with Gasteiger partial charge in [0.05, 0.1) is 0 Å². The minimum atomic E-state index is -2.99. The smallest absolute Gasteiger partial charge is 0.325 e. The average molecular weight is 371 g/mol. The second-order valence-electron chi connectivity index (χ2n) is 6.45. The molecule has 1 unspecified atom stereocenters. The Bertz CT molecular complexity index is 594. The summed E-state index contributed by atoms with van der Waals surface area (Å²) in [5, 5.41) is 9.64. The molecule has 0 radical (unpaired) electrons. The highest BCUT2D eigenvalue weighted by molar-refractivity contribution is 7.70. The lowest BCUT2D eigenvalue weighted by Gasteiger charge is -2.28. The number of benzene rings is 1. The molecule has 0 heterocycles. The monoisotopic (exact) mass is 370 g/mol. The van der Waals surface area contributed by atoms with Crippen LogP contribution in [0.3, 0.4) is 0 Å². The maximum Gasteiger partial charge on any atom is 0.325 e. The molecule has 6 nitrogen and oxygen atoms in total. The molecule has 7 heteroatoms. The van der Waals surface area contributed by atoms with Crippen molar-refractivity contribution in [2.24, 2.45) is 5.73 Å². The molecular formula is C18H30N2O4S. The van der Waals surface area contributed by atoms with Gasteiger partial charge in [-0.2, -0.15) is 4.72 Å². The summed E-state index contributed by atoms with van der Waals surface area (Å²) in [7, 11) is -2.99. The molecule has 0 bridgehead atoms. The van der Waals surface area contributed by atoms with Crippen LogP contribution in [0, 0.1) is 0 Å². The van der Waals surface area contributed by atoms with Gasteiger partial charge in [-0.05, 0) is 43.4 Å². The Kier molecular flexibility index (Phi) is 9.70. The number of aliphatic carboxylic acids is 1. The molecule has 0 amide bonds. The van der Waals surface area contributed by atoms with Crippen LogP contribution in [-0.2, 0) is 28.5 Å². The van der Waals surface area contributed by atoms with Crippen LogP contribution < -0.4 is 10.5 Å². The van der Waals surface area contributed by atoms with E-state index in [1.165, 1.54) is 5.56 Å². The van der Waals surface area contributed by atoms with Crippen molar-refractivity contribution in [3.8, 4) is 0 Å². The number of carbonyl (C=O) groups is 1. The molecule has 0 saturated carbocycles. The lowest BCUT2D eigenvalue weighted by atomic mass is 9.86. The largest absolute Gasteiger partial charge is 0.480 e. The Morgan fingerprint density at radius 2 is 1.76 bits per heavy atom. The lowest BCUT2D eigenvalue weighted by Crippen LogP contribution is -2.53. The van der Waals surface area contributed by atoms with Gasteiger partial charge in [0.15, 0.2) is 0 Å². The fourth-order valence-corrected chi connectivity index (χ4v) is 3.53. The molecule has 0 saturated heterocycles. The van der Waals surface area contributed by atoms with E-state index in [4.69, 9.17) is 5.73 Å². The Hall–Kier alpha value is -1.44. The fraction of sp³-hybridized carbons (Fsp3) is 0.611.